The number of carbonyl (C=O) groups excluding carboxylic acids is 2. The van der Waals surface area contributed by atoms with Crippen molar-refractivity contribution < 1.29 is 14.5 Å². The summed E-state index contributed by atoms with van der Waals surface area (Å²) in [6.45, 7) is 5.35. The lowest BCUT2D eigenvalue weighted by Crippen LogP contribution is -2.24. The standard InChI is InChI=1S/C17H20BrN9O4/c1-5-25-15(17(29)22-11-6-19-24(4)9(11)2)12(7-20-25)21-13(28)8-26-10(3)14(18)16(23-26)27(30)31/h6-7H,5,8H2,1-4H3,(H,21,28)(H,22,29). The van der Waals surface area contributed by atoms with Crippen LogP contribution < -0.4 is 10.6 Å². The van der Waals surface area contributed by atoms with Crippen molar-refractivity contribution in [1.29, 1.82) is 0 Å². The van der Waals surface area contributed by atoms with Crippen LogP contribution in [-0.4, -0.2) is 46.1 Å². The summed E-state index contributed by atoms with van der Waals surface area (Å²) in [7, 11) is 1.76. The zero-order chi connectivity index (χ0) is 22.9. The minimum Gasteiger partial charge on any atom is -0.358 e. The molecule has 13 nitrogen and oxygen atoms in total. The second kappa shape index (κ2) is 8.67. The van der Waals surface area contributed by atoms with Gasteiger partial charge in [-0.2, -0.15) is 14.9 Å². The fraction of sp³-hybridized carbons (Fsp3) is 0.353. The Morgan fingerprint density at radius 1 is 1.13 bits per heavy atom. The number of anilines is 2. The van der Waals surface area contributed by atoms with Crippen molar-refractivity contribution in [3.05, 3.63) is 44.1 Å². The molecule has 0 unspecified atom stereocenters. The molecule has 0 spiro atoms. The van der Waals surface area contributed by atoms with Crippen molar-refractivity contribution >= 4 is 44.9 Å². The molecule has 164 valence electrons. The highest BCUT2D eigenvalue weighted by molar-refractivity contribution is 9.10. The van der Waals surface area contributed by atoms with E-state index < -0.39 is 16.7 Å². The third-order valence-electron chi connectivity index (χ3n) is 4.69. The van der Waals surface area contributed by atoms with E-state index in [9.17, 15) is 19.7 Å². The number of hydrogen-bond donors (Lipinski definition) is 2. The van der Waals surface area contributed by atoms with Crippen molar-refractivity contribution in [3.63, 3.8) is 0 Å². The predicted octanol–water partition coefficient (Wildman–Crippen LogP) is 2.01. The molecule has 3 aromatic rings. The second-order valence-electron chi connectivity index (χ2n) is 6.63. The first-order valence-corrected chi connectivity index (χ1v) is 9.96. The third-order valence-corrected chi connectivity index (χ3v) is 5.62. The maximum absolute atomic E-state index is 12.9. The van der Waals surface area contributed by atoms with Gasteiger partial charge in [-0.05, 0) is 41.6 Å². The normalized spacial score (nSPS) is 10.9. The van der Waals surface area contributed by atoms with Gasteiger partial charge >= 0.3 is 5.82 Å². The van der Waals surface area contributed by atoms with Crippen LogP contribution in [0.1, 0.15) is 28.8 Å². The van der Waals surface area contributed by atoms with Gasteiger partial charge in [-0.3, -0.25) is 19.0 Å². The maximum Gasteiger partial charge on any atom is 0.404 e. The van der Waals surface area contributed by atoms with Crippen LogP contribution in [0.15, 0.2) is 16.9 Å². The van der Waals surface area contributed by atoms with E-state index in [0.717, 1.165) is 5.69 Å². The summed E-state index contributed by atoms with van der Waals surface area (Å²) in [4.78, 5) is 35.9. The molecular formula is C17H20BrN9O4. The van der Waals surface area contributed by atoms with Gasteiger partial charge < -0.3 is 20.7 Å². The van der Waals surface area contributed by atoms with Crippen LogP contribution in [0.2, 0.25) is 0 Å². The van der Waals surface area contributed by atoms with Crippen molar-refractivity contribution in [3.8, 4) is 0 Å². The summed E-state index contributed by atoms with van der Waals surface area (Å²) < 4.78 is 4.49. The van der Waals surface area contributed by atoms with E-state index in [0.29, 0.717) is 17.9 Å². The molecule has 2 amide bonds. The fourth-order valence-electron chi connectivity index (χ4n) is 2.86. The van der Waals surface area contributed by atoms with E-state index in [2.05, 4.69) is 41.9 Å². The molecule has 0 radical (unpaired) electrons. The molecule has 14 heteroatoms. The lowest BCUT2D eigenvalue weighted by Gasteiger charge is -2.10. The molecule has 31 heavy (non-hydrogen) atoms. The molecule has 0 bridgehead atoms. The lowest BCUT2D eigenvalue weighted by molar-refractivity contribution is -0.390. The van der Waals surface area contributed by atoms with E-state index in [4.69, 9.17) is 0 Å². The van der Waals surface area contributed by atoms with Gasteiger partial charge in [0.05, 0.1) is 40.3 Å². The summed E-state index contributed by atoms with van der Waals surface area (Å²) >= 11 is 3.11. The van der Waals surface area contributed by atoms with E-state index in [1.165, 1.54) is 21.8 Å². The second-order valence-corrected chi connectivity index (χ2v) is 7.42. The monoisotopic (exact) mass is 493 g/mol. The smallest absolute Gasteiger partial charge is 0.358 e. The summed E-state index contributed by atoms with van der Waals surface area (Å²) in [6, 6.07) is 0. The Hall–Kier alpha value is -3.55. The van der Waals surface area contributed by atoms with E-state index in [1.807, 2.05) is 13.8 Å². The number of halogens is 1. The summed E-state index contributed by atoms with van der Waals surface area (Å²) in [5.41, 5.74) is 2.12. The van der Waals surface area contributed by atoms with Gasteiger partial charge in [0.1, 0.15) is 16.7 Å². The Labute approximate surface area is 184 Å². The SMILES string of the molecule is CCn1ncc(NC(=O)Cn2nc([N+](=O)[O-])c(Br)c2C)c1C(=O)Nc1cnn(C)c1C. The van der Waals surface area contributed by atoms with Crippen molar-refractivity contribution in [2.75, 3.05) is 10.6 Å². The van der Waals surface area contributed by atoms with Gasteiger partial charge in [0.25, 0.3) is 5.91 Å². The largest absolute Gasteiger partial charge is 0.404 e. The van der Waals surface area contributed by atoms with Crippen molar-refractivity contribution in [2.24, 2.45) is 7.05 Å². The molecular weight excluding hydrogens is 474 g/mol. The van der Waals surface area contributed by atoms with Gasteiger partial charge in [-0.15, -0.1) is 0 Å². The van der Waals surface area contributed by atoms with E-state index >= 15 is 0 Å². The number of amides is 2. The van der Waals surface area contributed by atoms with Crippen LogP contribution in [0.25, 0.3) is 0 Å². The highest BCUT2D eigenvalue weighted by Gasteiger charge is 2.26. The molecule has 0 saturated carbocycles. The van der Waals surface area contributed by atoms with Crippen LogP contribution in [0.4, 0.5) is 17.2 Å². The highest BCUT2D eigenvalue weighted by atomic mass is 79.9. The highest BCUT2D eigenvalue weighted by Crippen LogP contribution is 2.27. The summed E-state index contributed by atoms with van der Waals surface area (Å²) in [5.74, 6) is -1.36. The molecule has 0 aliphatic carbocycles. The molecule has 0 aliphatic heterocycles. The van der Waals surface area contributed by atoms with Gasteiger partial charge in [-0.25, -0.2) is 0 Å². The van der Waals surface area contributed by atoms with Gasteiger partial charge in [-0.1, -0.05) is 0 Å². The molecule has 0 aromatic carbocycles. The number of aromatic nitrogens is 6. The maximum atomic E-state index is 12.9. The number of rotatable bonds is 7. The summed E-state index contributed by atoms with van der Waals surface area (Å²) in [5, 5.41) is 28.5. The minimum atomic E-state index is -0.639. The summed E-state index contributed by atoms with van der Waals surface area (Å²) in [6.07, 6.45) is 2.91. The van der Waals surface area contributed by atoms with Crippen molar-refractivity contribution in [1.82, 2.24) is 29.3 Å². The molecule has 3 rings (SSSR count). The Kier molecular flexibility index (Phi) is 6.19. The fourth-order valence-corrected chi connectivity index (χ4v) is 3.29. The molecule has 0 aliphatic rings. The minimum absolute atomic E-state index is 0.170. The average Bonchev–Trinajstić information content (AvgIpc) is 3.35. The number of nitrogens with zero attached hydrogens (tertiary/aromatic N) is 7. The Bertz CT molecular complexity index is 1180. The first kappa shape index (κ1) is 22.1. The third kappa shape index (κ3) is 4.33. The Morgan fingerprint density at radius 3 is 2.35 bits per heavy atom. The van der Waals surface area contributed by atoms with Crippen LogP contribution in [0.3, 0.4) is 0 Å². The first-order chi connectivity index (χ1) is 14.6. The molecule has 0 fully saturated rings. The average molecular weight is 494 g/mol. The van der Waals surface area contributed by atoms with E-state index in [1.54, 1.807) is 18.7 Å². The predicted molar refractivity (Wildman–Crippen MR) is 114 cm³/mol. The van der Waals surface area contributed by atoms with Gasteiger partial charge in [0, 0.05) is 13.6 Å². The zero-order valence-corrected chi connectivity index (χ0v) is 18.8. The topological polar surface area (TPSA) is 155 Å². The van der Waals surface area contributed by atoms with E-state index in [-0.39, 0.29) is 28.2 Å². The quantitative estimate of drug-likeness (QED) is 0.376. The van der Waals surface area contributed by atoms with Crippen LogP contribution in [-0.2, 0) is 24.9 Å². The molecule has 0 saturated heterocycles. The number of nitro groups is 1. The molecule has 3 aromatic heterocycles. The number of carbonyl (C=O) groups is 2. The van der Waals surface area contributed by atoms with Crippen LogP contribution in [0.5, 0.6) is 0 Å². The Balaban J connectivity index is 1.81. The van der Waals surface area contributed by atoms with Gasteiger partial charge in [0.15, 0.2) is 0 Å². The molecule has 2 N–H and O–H groups in total. The number of hydrogen-bond acceptors (Lipinski definition) is 7. The van der Waals surface area contributed by atoms with Crippen LogP contribution in [0, 0.1) is 24.0 Å². The van der Waals surface area contributed by atoms with Crippen LogP contribution >= 0.6 is 15.9 Å². The zero-order valence-electron chi connectivity index (χ0n) is 17.2. The Morgan fingerprint density at radius 2 is 1.81 bits per heavy atom. The lowest BCUT2D eigenvalue weighted by atomic mass is 10.3. The molecule has 0 atom stereocenters. The van der Waals surface area contributed by atoms with Crippen molar-refractivity contribution in [2.45, 2.75) is 33.9 Å². The number of nitrogens with one attached hydrogen (secondary N) is 2. The number of aryl methyl sites for hydroxylation is 2. The van der Waals surface area contributed by atoms with Gasteiger partial charge in [0.2, 0.25) is 5.91 Å². The first-order valence-electron chi connectivity index (χ1n) is 9.16. The molecule has 3 heterocycles.